The van der Waals surface area contributed by atoms with Crippen molar-refractivity contribution in [2.24, 2.45) is 11.6 Å². The number of hydrazine groups is 1. The Balaban J connectivity index is 2.87. The molecular formula is C11H21N3O6. The maximum Gasteiger partial charge on any atom is 0.335 e. The Hall–Kier alpha value is -1.39. The number of nitrogens with zero attached hydrogens (tertiary/aromatic N) is 1. The van der Waals surface area contributed by atoms with Crippen molar-refractivity contribution in [3.8, 4) is 0 Å². The van der Waals surface area contributed by atoms with Gasteiger partial charge < -0.3 is 30.9 Å². The average Bonchev–Trinajstić information content (AvgIpc) is 2.35. The lowest BCUT2D eigenvalue weighted by Crippen LogP contribution is -2.64. The van der Waals surface area contributed by atoms with E-state index in [1.807, 2.05) is 6.92 Å². The minimum atomic E-state index is -1.75. The SMILES string of the molecule is CCC/C(N)=C/N(N)C1OC(C(=O)O)C(O)C(O)C1O. The van der Waals surface area contributed by atoms with Crippen LogP contribution in [0.25, 0.3) is 0 Å². The summed E-state index contributed by atoms with van der Waals surface area (Å²) in [5, 5.41) is 38.8. The fraction of sp³-hybridized carbons (Fsp3) is 0.727. The molecule has 1 saturated heterocycles. The number of aliphatic hydroxyl groups is 3. The first kappa shape index (κ1) is 16.7. The molecule has 0 radical (unpaired) electrons. The number of rotatable bonds is 5. The molecule has 1 aliphatic heterocycles. The minimum absolute atomic E-state index is 0.415. The maximum absolute atomic E-state index is 10.9. The van der Waals surface area contributed by atoms with E-state index in [1.165, 1.54) is 6.20 Å². The standard InChI is InChI=1S/C11H21N3O6/c1-2-3-5(12)4-14(13)10-8(17)6(15)7(16)9(20-10)11(18)19/h4,6-10,15-17H,2-3,12-13H2,1H3,(H,18,19)/b5-4-. The summed E-state index contributed by atoms with van der Waals surface area (Å²) in [6.45, 7) is 1.91. The van der Waals surface area contributed by atoms with Gasteiger partial charge in [-0.3, -0.25) is 5.01 Å². The third-order valence-corrected chi connectivity index (χ3v) is 2.98. The number of aliphatic hydroxyl groups excluding tert-OH is 3. The Morgan fingerprint density at radius 2 is 1.90 bits per heavy atom. The van der Waals surface area contributed by atoms with Crippen LogP contribution in [0.1, 0.15) is 19.8 Å². The Morgan fingerprint density at radius 3 is 2.40 bits per heavy atom. The van der Waals surface area contributed by atoms with Crippen LogP contribution in [-0.4, -0.2) is 62.0 Å². The van der Waals surface area contributed by atoms with Gasteiger partial charge in [0.25, 0.3) is 0 Å². The summed E-state index contributed by atoms with van der Waals surface area (Å²) < 4.78 is 5.02. The number of hydrogen-bond donors (Lipinski definition) is 6. The van der Waals surface area contributed by atoms with Crippen LogP contribution in [-0.2, 0) is 9.53 Å². The monoisotopic (exact) mass is 291 g/mol. The molecule has 116 valence electrons. The fourth-order valence-corrected chi connectivity index (χ4v) is 1.93. The molecule has 1 aliphatic rings. The van der Waals surface area contributed by atoms with Crippen LogP contribution in [0.3, 0.4) is 0 Å². The van der Waals surface area contributed by atoms with E-state index in [1.54, 1.807) is 0 Å². The molecule has 5 atom stereocenters. The first-order valence-corrected chi connectivity index (χ1v) is 6.21. The Morgan fingerprint density at radius 1 is 1.30 bits per heavy atom. The van der Waals surface area contributed by atoms with Crippen LogP contribution in [0.4, 0.5) is 0 Å². The summed E-state index contributed by atoms with van der Waals surface area (Å²) in [5.74, 6) is 4.18. The largest absolute Gasteiger partial charge is 0.479 e. The van der Waals surface area contributed by atoms with Crippen molar-refractivity contribution in [1.82, 2.24) is 5.01 Å². The van der Waals surface area contributed by atoms with Crippen molar-refractivity contribution >= 4 is 5.97 Å². The number of carboxylic acid groups (broad SMARTS) is 1. The Kier molecular flexibility index (Phi) is 5.72. The van der Waals surface area contributed by atoms with Crippen molar-refractivity contribution in [2.75, 3.05) is 0 Å². The second-order valence-electron chi connectivity index (χ2n) is 4.66. The molecule has 0 aromatic carbocycles. The second-order valence-corrected chi connectivity index (χ2v) is 4.66. The van der Waals surface area contributed by atoms with Crippen LogP contribution >= 0.6 is 0 Å². The highest BCUT2D eigenvalue weighted by molar-refractivity contribution is 5.73. The number of ether oxygens (including phenoxy) is 1. The summed E-state index contributed by atoms with van der Waals surface area (Å²) >= 11 is 0. The molecular weight excluding hydrogens is 270 g/mol. The molecule has 20 heavy (non-hydrogen) atoms. The van der Waals surface area contributed by atoms with Crippen LogP contribution in [0.2, 0.25) is 0 Å². The molecule has 0 aromatic rings. The molecule has 1 fully saturated rings. The summed E-state index contributed by atoms with van der Waals surface area (Å²) in [4.78, 5) is 10.9. The molecule has 0 saturated carbocycles. The lowest BCUT2D eigenvalue weighted by molar-refractivity contribution is -0.254. The molecule has 0 aliphatic carbocycles. The van der Waals surface area contributed by atoms with Gasteiger partial charge in [0.15, 0.2) is 12.3 Å². The van der Waals surface area contributed by atoms with Gasteiger partial charge in [0.1, 0.15) is 18.3 Å². The molecule has 1 heterocycles. The predicted octanol–water partition coefficient (Wildman–Crippen LogP) is -2.35. The molecule has 0 aromatic heterocycles. The van der Waals surface area contributed by atoms with Gasteiger partial charge in [-0.15, -0.1) is 0 Å². The van der Waals surface area contributed by atoms with Crippen LogP contribution in [0.5, 0.6) is 0 Å². The van der Waals surface area contributed by atoms with E-state index in [9.17, 15) is 20.1 Å². The number of carbonyl (C=O) groups is 1. The van der Waals surface area contributed by atoms with Crippen molar-refractivity contribution in [2.45, 2.75) is 50.4 Å². The van der Waals surface area contributed by atoms with E-state index in [4.69, 9.17) is 21.4 Å². The fourth-order valence-electron chi connectivity index (χ4n) is 1.93. The van der Waals surface area contributed by atoms with Crippen molar-refractivity contribution < 1.29 is 30.0 Å². The number of carboxylic acids is 1. The van der Waals surface area contributed by atoms with E-state index in [0.29, 0.717) is 12.1 Å². The van der Waals surface area contributed by atoms with E-state index in [2.05, 4.69) is 0 Å². The number of hydrogen-bond acceptors (Lipinski definition) is 8. The van der Waals surface area contributed by atoms with Gasteiger partial charge in [0, 0.05) is 11.9 Å². The van der Waals surface area contributed by atoms with Gasteiger partial charge in [-0.05, 0) is 6.42 Å². The Bertz CT molecular complexity index is 377. The van der Waals surface area contributed by atoms with Crippen LogP contribution in [0.15, 0.2) is 11.9 Å². The van der Waals surface area contributed by atoms with Crippen molar-refractivity contribution in [1.29, 1.82) is 0 Å². The van der Waals surface area contributed by atoms with Gasteiger partial charge in [-0.2, -0.15) is 0 Å². The molecule has 0 amide bonds. The van der Waals surface area contributed by atoms with Crippen LogP contribution < -0.4 is 11.6 Å². The Labute approximate surface area is 116 Å². The quantitative estimate of drug-likeness (QED) is 0.240. The zero-order chi connectivity index (χ0) is 15.4. The zero-order valence-corrected chi connectivity index (χ0v) is 11.1. The number of nitrogens with two attached hydrogens (primary N) is 2. The van der Waals surface area contributed by atoms with Gasteiger partial charge in [0.2, 0.25) is 0 Å². The van der Waals surface area contributed by atoms with Crippen molar-refractivity contribution in [3.63, 3.8) is 0 Å². The van der Waals surface area contributed by atoms with E-state index in [-0.39, 0.29) is 0 Å². The molecule has 0 spiro atoms. The summed E-state index contributed by atoms with van der Waals surface area (Å²) in [7, 11) is 0. The number of allylic oxidation sites excluding steroid dienone is 1. The smallest absolute Gasteiger partial charge is 0.335 e. The van der Waals surface area contributed by atoms with Crippen molar-refractivity contribution in [3.05, 3.63) is 11.9 Å². The molecule has 9 heteroatoms. The lowest BCUT2D eigenvalue weighted by atomic mass is 9.98. The highest BCUT2D eigenvalue weighted by Crippen LogP contribution is 2.23. The molecule has 1 rings (SSSR count). The van der Waals surface area contributed by atoms with E-state index >= 15 is 0 Å². The zero-order valence-electron chi connectivity index (χ0n) is 11.1. The first-order valence-electron chi connectivity index (χ1n) is 6.21. The van der Waals surface area contributed by atoms with Gasteiger partial charge in [0.05, 0.1) is 0 Å². The first-order chi connectivity index (χ1) is 9.29. The number of aliphatic carboxylic acids is 1. The summed E-state index contributed by atoms with van der Waals surface area (Å²) in [6.07, 6.45) is -5.40. The molecule has 0 bridgehead atoms. The van der Waals surface area contributed by atoms with Gasteiger partial charge in [-0.25, -0.2) is 10.6 Å². The third-order valence-electron chi connectivity index (χ3n) is 2.98. The summed E-state index contributed by atoms with van der Waals surface area (Å²) in [5.41, 5.74) is 6.08. The maximum atomic E-state index is 10.9. The van der Waals surface area contributed by atoms with Gasteiger partial charge in [-0.1, -0.05) is 13.3 Å². The average molecular weight is 291 g/mol. The third kappa shape index (κ3) is 3.58. The van der Waals surface area contributed by atoms with E-state index < -0.39 is 36.6 Å². The van der Waals surface area contributed by atoms with Gasteiger partial charge >= 0.3 is 5.97 Å². The van der Waals surface area contributed by atoms with Crippen LogP contribution in [0, 0.1) is 0 Å². The molecule has 5 unspecified atom stereocenters. The predicted molar refractivity (Wildman–Crippen MR) is 67.5 cm³/mol. The topological polar surface area (TPSA) is 162 Å². The molecule has 8 N–H and O–H groups in total. The second kappa shape index (κ2) is 6.86. The minimum Gasteiger partial charge on any atom is -0.479 e. The highest BCUT2D eigenvalue weighted by Gasteiger charge is 2.48. The van der Waals surface area contributed by atoms with E-state index in [0.717, 1.165) is 11.4 Å². The summed E-state index contributed by atoms with van der Waals surface area (Å²) in [6, 6.07) is 0. The molecule has 9 nitrogen and oxygen atoms in total. The highest BCUT2D eigenvalue weighted by atomic mass is 16.6. The lowest BCUT2D eigenvalue weighted by Gasteiger charge is -2.41. The normalized spacial score (nSPS) is 34.9.